The standard InChI is InChI=1S/C18H16ClFO/c19-17-11-15(20)9-8-13(17)10-14-6-3-5-12-4-1-2-7-16(12)18(14)21/h1-2,4,7-9,11,14H,3,5-6,10H2. The molecule has 0 saturated carbocycles. The molecule has 0 aromatic heterocycles. The normalized spacial score (nSPS) is 18.2. The van der Waals surface area contributed by atoms with Crippen molar-refractivity contribution < 1.29 is 9.18 Å². The van der Waals surface area contributed by atoms with Gasteiger partial charge in [0.2, 0.25) is 0 Å². The van der Waals surface area contributed by atoms with Crippen molar-refractivity contribution in [1.82, 2.24) is 0 Å². The second kappa shape index (κ2) is 5.98. The Bertz CT molecular complexity index is 681. The van der Waals surface area contributed by atoms with E-state index in [1.807, 2.05) is 24.3 Å². The number of hydrogen-bond acceptors (Lipinski definition) is 1. The lowest BCUT2D eigenvalue weighted by Crippen LogP contribution is -2.17. The van der Waals surface area contributed by atoms with Crippen LogP contribution < -0.4 is 0 Å². The van der Waals surface area contributed by atoms with Gasteiger partial charge in [-0.3, -0.25) is 4.79 Å². The fraction of sp³-hybridized carbons (Fsp3) is 0.278. The maximum atomic E-state index is 13.1. The molecule has 1 atom stereocenters. The van der Waals surface area contributed by atoms with Crippen LogP contribution in [0.5, 0.6) is 0 Å². The highest BCUT2D eigenvalue weighted by molar-refractivity contribution is 6.31. The summed E-state index contributed by atoms with van der Waals surface area (Å²) in [4.78, 5) is 12.7. The van der Waals surface area contributed by atoms with Gasteiger partial charge in [0.05, 0.1) is 0 Å². The van der Waals surface area contributed by atoms with E-state index in [9.17, 15) is 9.18 Å². The average Bonchev–Trinajstić information content (AvgIpc) is 2.63. The maximum Gasteiger partial charge on any atom is 0.166 e. The number of benzene rings is 2. The molecule has 1 aliphatic rings. The zero-order valence-electron chi connectivity index (χ0n) is 11.6. The molecule has 0 N–H and O–H groups in total. The van der Waals surface area contributed by atoms with E-state index in [1.165, 1.54) is 12.1 Å². The summed E-state index contributed by atoms with van der Waals surface area (Å²) in [6, 6.07) is 12.2. The third-order valence-electron chi connectivity index (χ3n) is 4.13. The van der Waals surface area contributed by atoms with Gasteiger partial charge >= 0.3 is 0 Å². The van der Waals surface area contributed by atoms with E-state index in [2.05, 4.69) is 0 Å². The van der Waals surface area contributed by atoms with Crippen molar-refractivity contribution in [2.24, 2.45) is 5.92 Å². The Morgan fingerprint density at radius 2 is 2.00 bits per heavy atom. The fourth-order valence-corrected chi connectivity index (χ4v) is 3.26. The summed E-state index contributed by atoms with van der Waals surface area (Å²) in [7, 11) is 0. The molecule has 3 rings (SSSR count). The van der Waals surface area contributed by atoms with E-state index < -0.39 is 0 Å². The third kappa shape index (κ3) is 3.01. The minimum absolute atomic E-state index is 0.0726. The van der Waals surface area contributed by atoms with Crippen molar-refractivity contribution in [1.29, 1.82) is 0 Å². The van der Waals surface area contributed by atoms with Gasteiger partial charge in [-0.1, -0.05) is 41.9 Å². The van der Waals surface area contributed by atoms with Crippen molar-refractivity contribution in [3.8, 4) is 0 Å². The van der Waals surface area contributed by atoms with Gasteiger partial charge in [-0.05, 0) is 48.9 Å². The summed E-state index contributed by atoms with van der Waals surface area (Å²) in [5.74, 6) is -0.235. The molecule has 0 fully saturated rings. The van der Waals surface area contributed by atoms with Crippen molar-refractivity contribution in [3.05, 3.63) is 70.0 Å². The van der Waals surface area contributed by atoms with E-state index in [0.717, 1.165) is 36.0 Å². The Kier molecular flexibility index (Phi) is 4.07. The molecule has 2 aromatic rings. The van der Waals surface area contributed by atoms with Gasteiger partial charge in [-0.25, -0.2) is 4.39 Å². The first kappa shape index (κ1) is 14.3. The largest absolute Gasteiger partial charge is 0.294 e. The highest BCUT2D eigenvalue weighted by atomic mass is 35.5. The van der Waals surface area contributed by atoms with Crippen LogP contribution in [-0.2, 0) is 12.8 Å². The maximum absolute atomic E-state index is 13.1. The molecule has 0 spiro atoms. The highest BCUT2D eigenvalue weighted by Gasteiger charge is 2.25. The van der Waals surface area contributed by atoms with Gasteiger partial charge in [0, 0.05) is 16.5 Å². The number of rotatable bonds is 2. The summed E-state index contributed by atoms with van der Waals surface area (Å²) in [6.07, 6.45) is 3.36. The SMILES string of the molecule is O=C1c2ccccc2CCCC1Cc1ccc(F)cc1Cl. The third-order valence-corrected chi connectivity index (χ3v) is 4.49. The number of carbonyl (C=O) groups is 1. The summed E-state index contributed by atoms with van der Waals surface area (Å²) in [6.45, 7) is 0. The molecule has 108 valence electrons. The highest BCUT2D eigenvalue weighted by Crippen LogP contribution is 2.29. The molecule has 0 radical (unpaired) electrons. The van der Waals surface area contributed by atoms with Crippen LogP contribution in [0.15, 0.2) is 42.5 Å². The molecule has 0 heterocycles. The Hall–Kier alpha value is -1.67. The van der Waals surface area contributed by atoms with E-state index >= 15 is 0 Å². The molecule has 1 unspecified atom stereocenters. The molecule has 21 heavy (non-hydrogen) atoms. The van der Waals surface area contributed by atoms with E-state index in [-0.39, 0.29) is 17.5 Å². The number of ketones is 1. The van der Waals surface area contributed by atoms with Crippen LogP contribution in [0.25, 0.3) is 0 Å². The molecule has 0 saturated heterocycles. The zero-order valence-corrected chi connectivity index (χ0v) is 12.4. The fourth-order valence-electron chi connectivity index (χ4n) is 3.02. The second-order valence-corrected chi connectivity index (χ2v) is 5.96. The minimum atomic E-state index is -0.346. The molecule has 0 amide bonds. The predicted octanol–water partition coefficient (Wildman–Crippen LogP) is 4.86. The summed E-state index contributed by atoms with van der Waals surface area (Å²) >= 11 is 6.09. The predicted molar refractivity (Wildman–Crippen MR) is 82.3 cm³/mol. The van der Waals surface area contributed by atoms with E-state index in [4.69, 9.17) is 11.6 Å². The first-order valence-electron chi connectivity index (χ1n) is 7.21. The summed E-state index contributed by atoms with van der Waals surface area (Å²) < 4.78 is 13.1. The van der Waals surface area contributed by atoms with Gasteiger partial charge in [0.15, 0.2) is 5.78 Å². The van der Waals surface area contributed by atoms with Gasteiger partial charge < -0.3 is 0 Å². The molecular weight excluding hydrogens is 287 g/mol. The number of fused-ring (bicyclic) bond motifs is 1. The molecule has 0 bridgehead atoms. The Labute approximate surface area is 128 Å². The minimum Gasteiger partial charge on any atom is -0.294 e. The lowest BCUT2D eigenvalue weighted by molar-refractivity contribution is 0.0915. The number of carbonyl (C=O) groups excluding carboxylic acids is 1. The lowest BCUT2D eigenvalue weighted by atomic mass is 9.89. The number of Topliss-reactive ketones (excluding diaryl/α,β-unsaturated/α-hetero) is 1. The Balaban J connectivity index is 1.87. The topological polar surface area (TPSA) is 17.1 Å². The Morgan fingerprint density at radius 3 is 2.81 bits per heavy atom. The summed E-state index contributed by atoms with van der Waals surface area (Å²) in [5, 5.41) is 0.403. The van der Waals surface area contributed by atoms with Gasteiger partial charge in [-0.2, -0.15) is 0 Å². The average molecular weight is 303 g/mol. The lowest BCUT2D eigenvalue weighted by Gasteiger charge is -2.14. The Morgan fingerprint density at radius 1 is 1.19 bits per heavy atom. The van der Waals surface area contributed by atoms with Gasteiger partial charge in [0.25, 0.3) is 0 Å². The second-order valence-electron chi connectivity index (χ2n) is 5.55. The van der Waals surface area contributed by atoms with Gasteiger partial charge in [0.1, 0.15) is 5.82 Å². The summed E-state index contributed by atoms with van der Waals surface area (Å²) in [5.41, 5.74) is 2.81. The molecule has 1 nitrogen and oxygen atoms in total. The van der Waals surface area contributed by atoms with E-state index in [1.54, 1.807) is 6.07 Å². The number of halogens is 2. The quantitative estimate of drug-likeness (QED) is 0.724. The van der Waals surface area contributed by atoms with Crippen LogP contribution in [0.4, 0.5) is 4.39 Å². The van der Waals surface area contributed by atoms with Crippen molar-refractivity contribution in [2.45, 2.75) is 25.7 Å². The first-order valence-corrected chi connectivity index (χ1v) is 7.59. The van der Waals surface area contributed by atoms with Crippen LogP contribution in [0, 0.1) is 11.7 Å². The number of aryl methyl sites for hydroxylation is 1. The molecule has 3 heteroatoms. The number of hydrogen-bond donors (Lipinski definition) is 0. The van der Waals surface area contributed by atoms with Crippen LogP contribution in [0.1, 0.15) is 34.3 Å². The van der Waals surface area contributed by atoms with E-state index in [0.29, 0.717) is 11.4 Å². The molecule has 2 aromatic carbocycles. The van der Waals surface area contributed by atoms with Crippen LogP contribution in [0.3, 0.4) is 0 Å². The molecular formula is C18H16ClFO. The zero-order chi connectivity index (χ0) is 14.8. The molecule has 0 aliphatic heterocycles. The van der Waals surface area contributed by atoms with Crippen LogP contribution >= 0.6 is 11.6 Å². The first-order chi connectivity index (χ1) is 10.1. The van der Waals surface area contributed by atoms with Gasteiger partial charge in [-0.15, -0.1) is 0 Å². The monoisotopic (exact) mass is 302 g/mol. The van der Waals surface area contributed by atoms with Crippen molar-refractivity contribution in [3.63, 3.8) is 0 Å². The molecule has 1 aliphatic carbocycles. The van der Waals surface area contributed by atoms with Crippen molar-refractivity contribution in [2.75, 3.05) is 0 Å². The van der Waals surface area contributed by atoms with Crippen LogP contribution in [0.2, 0.25) is 5.02 Å². The van der Waals surface area contributed by atoms with Crippen LogP contribution in [-0.4, -0.2) is 5.78 Å². The smallest absolute Gasteiger partial charge is 0.166 e. The van der Waals surface area contributed by atoms with Crippen molar-refractivity contribution >= 4 is 17.4 Å².